The molecule has 0 saturated heterocycles. The van der Waals surface area contributed by atoms with E-state index in [1.54, 1.807) is 0 Å². The Balaban J connectivity index is 1.17. The van der Waals surface area contributed by atoms with Gasteiger partial charge in [0.15, 0.2) is 0 Å². The number of fused-ring (bicyclic) bond motifs is 8. The number of benzene rings is 8. The molecule has 3 nitrogen and oxygen atoms in total. The predicted molar refractivity (Wildman–Crippen MR) is 313 cm³/mol. The van der Waals surface area contributed by atoms with E-state index in [0.29, 0.717) is 0 Å². The Morgan fingerprint density at radius 2 is 1.07 bits per heavy atom. The zero-order chi connectivity index (χ0) is 50.4. The monoisotopic (exact) mass is 952 g/mol. The summed E-state index contributed by atoms with van der Waals surface area (Å²) < 4.78 is 0. The third-order valence-corrected chi connectivity index (χ3v) is 19.0. The van der Waals surface area contributed by atoms with Crippen LogP contribution in [0.5, 0.6) is 0 Å². The van der Waals surface area contributed by atoms with E-state index >= 15 is 0 Å². The smallest absolute Gasteiger partial charge is 0.252 e. The van der Waals surface area contributed by atoms with Gasteiger partial charge in [-0.15, -0.1) is 0 Å². The highest BCUT2D eigenvalue weighted by atomic mass is 15.3. The molecule has 0 bridgehead atoms. The first-order valence-corrected chi connectivity index (χ1v) is 27.3. The normalized spacial score (nSPS) is 20.9. The van der Waals surface area contributed by atoms with E-state index < -0.39 is 0 Å². The van der Waals surface area contributed by atoms with Crippen LogP contribution in [0.4, 0.5) is 45.5 Å². The molecule has 2 aliphatic carbocycles. The Kier molecular flexibility index (Phi) is 10.2. The lowest BCUT2D eigenvalue weighted by atomic mass is 9.33. The minimum absolute atomic E-state index is 0.0136. The summed E-state index contributed by atoms with van der Waals surface area (Å²) in [6, 6.07) is 66.0. The summed E-state index contributed by atoms with van der Waals surface area (Å²) in [6.07, 6.45) is 7.04. The predicted octanol–water partition coefficient (Wildman–Crippen LogP) is 16.8. The molecule has 0 N–H and O–H groups in total. The molecule has 0 amide bonds. The van der Waals surface area contributed by atoms with Gasteiger partial charge in [-0.3, -0.25) is 0 Å². The van der Waals surface area contributed by atoms with Crippen molar-refractivity contribution in [3.8, 4) is 22.3 Å². The van der Waals surface area contributed by atoms with Crippen molar-refractivity contribution in [1.82, 2.24) is 0 Å². The summed E-state index contributed by atoms with van der Waals surface area (Å²) in [7, 11) is 0. The Bertz CT molecular complexity index is 3530. The van der Waals surface area contributed by atoms with Crippen LogP contribution in [-0.2, 0) is 21.7 Å². The quantitative estimate of drug-likeness (QED) is 0.159. The van der Waals surface area contributed by atoms with Crippen molar-refractivity contribution in [2.24, 2.45) is 0 Å². The van der Waals surface area contributed by atoms with E-state index in [4.69, 9.17) is 0 Å². The van der Waals surface area contributed by atoms with Gasteiger partial charge in [-0.1, -0.05) is 177 Å². The lowest BCUT2D eigenvalue weighted by molar-refractivity contribution is 0.195. The number of nitrogens with zero attached hydrogens (tertiary/aromatic N) is 3. The average Bonchev–Trinajstić information content (AvgIpc) is 3.60. The molecule has 8 aromatic carbocycles. The second-order valence-electron chi connectivity index (χ2n) is 25.2. The maximum absolute atomic E-state index is 2.82. The van der Waals surface area contributed by atoms with Gasteiger partial charge in [-0.2, -0.15) is 0 Å². The van der Waals surface area contributed by atoms with Crippen molar-refractivity contribution in [3.05, 3.63) is 198 Å². The molecule has 2 atom stereocenters. The van der Waals surface area contributed by atoms with Gasteiger partial charge >= 0.3 is 0 Å². The highest BCUT2D eigenvalue weighted by Gasteiger charge is 2.58. The number of hydrogen-bond acceptors (Lipinski definition) is 3. The highest BCUT2D eigenvalue weighted by Crippen LogP contribution is 2.63. The Labute approximate surface area is 436 Å². The van der Waals surface area contributed by atoms with E-state index in [1.165, 1.54) is 125 Å². The van der Waals surface area contributed by atoms with Crippen molar-refractivity contribution in [2.45, 2.75) is 135 Å². The van der Waals surface area contributed by atoms with E-state index in [1.807, 2.05) is 0 Å². The number of para-hydroxylation sites is 2. The molecule has 4 heteroatoms. The van der Waals surface area contributed by atoms with Crippen LogP contribution in [0.25, 0.3) is 22.3 Å². The first-order chi connectivity index (χ1) is 35.0. The number of anilines is 8. The summed E-state index contributed by atoms with van der Waals surface area (Å²) in [5, 5.41) is 0. The molecular weight excluding hydrogens is 882 g/mol. The summed E-state index contributed by atoms with van der Waals surface area (Å²) in [4.78, 5) is 8.16. The van der Waals surface area contributed by atoms with Gasteiger partial charge in [-0.05, 0) is 177 Å². The van der Waals surface area contributed by atoms with Crippen LogP contribution in [-0.4, -0.2) is 12.3 Å². The fraction of sp³-hybridized carbons (Fsp3) is 0.304. The Morgan fingerprint density at radius 3 is 1.79 bits per heavy atom. The molecule has 13 rings (SSSR count). The van der Waals surface area contributed by atoms with Crippen LogP contribution in [0.3, 0.4) is 0 Å². The molecule has 364 valence electrons. The van der Waals surface area contributed by atoms with Crippen molar-refractivity contribution in [3.63, 3.8) is 0 Å². The minimum atomic E-state index is -0.169. The van der Waals surface area contributed by atoms with E-state index in [9.17, 15) is 0 Å². The van der Waals surface area contributed by atoms with Gasteiger partial charge in [0.05, 0.1) is 11.2 Å². The first kappa shape index (κ1) is 46.0. The number of rotatable bonds is 5. The maximum Gasteiger partial charge on any atom is 0.252 e. The van der Waals surface area contributed by atoms with Crippen LogP contribution >= 0.6 is 0 Å². The van der Waals surface area contributed by atoms with Crippen molar-refractivity contribution >= 4 is 68.6 Å². The van der Waals surface area contributed by atoms with Gasteiger partial charge in [0, 0.05) is 50.8 Å². The molecule has 0 radical (unpaired) electrons. The third kappa shape index (κ3) is 6.77. The molecule has 3 heterocycles. The zero-order valence-electron chi connectivity index (χ0n) is 44.8. The number of aryl methyl sites for hydroxylation is 1. The molecule has 0 aromatic heterocycles. The second kappa shape index (κ2) is 16.1. The van der Waals surface area contributed by atoms with Crippen molar-refractivity contribution in [1.29, 1.82) is 0 Å². The van der Waals surface area contributed by atoms with Crippen LogP contribution in [0, 0.1) is 6.92 Å². The SMILES string of the molecule is Cc1ccccc1-c1ccc2c(c1)C1(C)CCCCC1(C)N2c1cc2c3c(c1)N(c1ccc(C(C)(C)C)cc1-c1ccccc1)c1cc4c(cc1B3c1ccccc1N2c1ccccc1)C(C)(C)CCC4(C)C. The van der Waals surface area contributed by atoms with Gasteiger partial charge in [0.2, 0.25) is 0 Å². The molecule has 1 saturated carbocycles. The standard InChI is InChI=1S/C69H70BN3/c1-45-23-17-18-28-51(45)47-31-33-59-55(39-47)68(9)35-21-22-36-69(68,10)73(59)50-41-62-64-63(42-50)72(58-34-32-48(65(2,3)4)40-52(58)46-24-13-11-14-25-46)61-44-54-53(66(5,6)37-38-67(54,7)8)43-57(61)70(64)56-29-19-20-30-60(56)71(62)49-26-15-12-16-27-49/h11-20,23-34,39-44H,21-22,35-38H2,1-10H3. The minimum Gasteiger partial charge on any atom is -0.334 e. The average molecular weight is 952 g/mol. The fourth-order valence-corrected chi connectivity index (χ4v) is 14.5. The van der Waals surface area contributed by atoms with E-state index in [-0.39, 0.29) is 33.9 Å². The second-order valence-corrected chi connectivity index (χ2v) is 25.2. The molecule has 2 unspecified atom stereocenters. The van der Waals surface area contributed by atoms with Crippen LogP contribution in [0.1, 0.15) is 129 Å². The Hall–Kier alpha value is -6.78. The molecule has 0 spiro atoms. The highest BCUT2D eigenvalue weighted by molar-refractivity contribution is 7.00. The van der Waals surface area contributed by atoms with Gasteiger partial charge in [0.1, 0.15) is 0 Å². The van der Waals surface area contributed by atoms with E-state index in [0.717, 1.165) is 25.7 Å². The van der Waals surface area contributed by atoms with Crippen LogP contribution in [0.15, 0.2) is 170 Å². The third-order valence-electron chi connectivity index (χ3n) is 19.0. The molecule has 73 heavy (non-hydrogen) atoms. The van der Waals surface area contributed by atoms with Gasteiger partial charge in [-0.25, -0.2) is 0 Å². The molecule has 8 aromatic rings. The number of hydrogen-bond donors (Lipinski definition) is 0. The van der Waals surface area contributed by atoms with Crippen LogP contribution in [0.2, 0.25) is 0 Å². The fourth-order valence-electron chi connectivity index (χ4n) is 14.5. The van der Waals surface area contributed by atoms with Crippen molar-refractivity contribution in [2.75, 3.05) is 14.7 Å². The topological polar surface area (TPSA) is 9.72 Å². The molecule has 3 aliphatic heterocycles. The zero-order valence-corrected chi connectivity index (χ0v) is 44.8. The summed E-state index contributed by atoms with van der Waals surface area (Å²) in [5.74, 6) is 0. The summed E-state index contributed by atoms with van der Waals surface area (Å²) in [5.41, 5.74) is 26.2. The summed E-state index contributed by atoms with van der Waals surface area (Å²) in [6.45, 7) is 24.5. The van der Waals surface area contributed by atoms with Crippen LogP contribution < -0.4 is 31.1 Å². The first-order valence-electron chi connectivity index (χ1n) is 27.3. The molecule has 5 aliphatic rings. The Morgan fingerprint density at radius 1 is 0.438 bits per heavy atom. The molecular formula is C69H70BN3. The lowest BCUT2D eigenvalue weighted by Crippen LogP contribution is -2.62. The maximum atomic E-state index is 2.82. The van der Waals surface area contributed by atoms with E-state index in [2.05, 4.69) is 254 Å². The van der Waals surface area contributed by atoms with Crippen molar-refractivity contribution < 1.29 is 0 Å². The lowest BCUT2D eigenvalue weighted by Gasteiger charge is -2.51. The van der Waals surface area contributed by atoms with Gasteiger partial charge < -0.3 is 14.7 Å². The summed E-state index contributed by atoms with van der Waals surface area (Å²) >= 11 is 0. The largest absolute Gasteiger partial charge is 0.334 e. The molecule has 1 fully saturated rings. The van der Waals surface area contributed by atoms with Gasteiger partial charge in [0.25, 0.3) is 6.71 Å².